The summed E-state index contributed by atoms with van der Waals surface area (Å²) in [5.41, 5.74) is 1.26. The molecule has 1 fully saturated rings. The molecule has 3 aromatic rings. The van der Waals surface area contributed by atoms with Gasteiger partial charge in [-0.3, -0.25) is 19.9 Å². The number of rotatable bonds is 6. The van der Waals surface area contributed by atoms with E-state index in [0.717, 1.165) is 29.7 Å². The molecule has 1 N–H and O–H groups in total. The second-order valence-electron chi connectivity index (χ2n) is 7.47. The third-order valence-corrected chi connectivity index (χ3v) is 6.60. The van der Waals surface area contributed by atoms with Crippen LogP contribution in [0.2, 0.25) is 0 Å². The number of nitriles is 1. The van der Waals surface area contributed by atoms with Crippen molar-refractivity contribution in [3.8, 4) is 6.07 Å². The molecule has 1 unspecified atom stereocenters. The van der Waals surface area contributed by atoms with E-state index in [-0.39, 0.29) is 27.5 Å². The van der Waals surface area contributed by atoms with E-state index in [9.17, 15) is 23.6 Å². The van der Waals surface area contributed by atoms with E-state index in [0.29, 0.717) is 18.6 Å². The molecule has 3 heterocycles. The van der Waals surface area contributed by atoms with Crippen molar-refractivity contribution < 1.29 is 18.4 Å². The number of nitrogens with zero attached hydrogens (tertiary/aromatic N) is 5. The number of imidazole rings is 1. The van der Waals surface area contributed by atoms with Crippen LogP contribution in [-0.4, -0.2) is 51.6 Å². The standard InChI is InChI=1S/C22H20F2N6O2S/c1-26-15(11-25)21(32)29-10-4-5-13(29)12-30-16-7-3-2-6-14(16)27-22(30)28-20(31)18-9-8-17(33-18)19(23)24/h2-3,6-9,13,19H,4-5,10,12H2,1H3,(H,27,28,31). The summed E-state index contributed by atoms with van der Waals surface area (Å²) in [4.78, 5) is 35.4. The average Bonchev–Trinajstić information content (AvgIpc) is 3.54. The van der Waals surface area contributed by atoms with Crippen LogP contribution in [0.4, 0.5) is 14.7 Å². The van der Waals surface area contributed by atoms with Gasteiger partial charge in [-0.1, -0.05) is 12.1 Å². The Bertz CT molecular complexity index is 1280. The zero-order valence-corrected chi connectivity index (χ0v) is 18.5. The molecular weight excluding hydrogens is 450 g/mol. The molecule has 1 saturated heterocycles. The van der Waals surface area contributed by atoms with Gasteiger partial charge in [0.25, 0.3) is 18.2 Å². The monoisotopic (exact) mass is 470 g/mol. The molecule has 2 amide bonds. The number of carbonyl (C=O) groups is 2. The first-order valence-electron chi connectivity index (χ1n) is 10.2. The topological polar surface area (TPSA) is 103 Å². The molecule has 0 bridgehead atoms. The summed E-state index contributed by atoms with van der Waals surface area (Å²) in [5, 5.41) is 11.9. The predicted molar refractivity (Wildman–Crippen MR) is 121 cm³/mol. The van der Waals surface area contributed by atoms with Gasteiger partial charge in [-0.25, -0.2) is 13.8 Å². The fourth-order valence-electron chi connectivity index (χ4n) is 3.94. The summed E-state index contributed by atoms with van der Waals surface area (Å²) in [5.74, 6) is -0.694. The summed E-state index contributed by atoms with van der Waals surface area (Å²) < 4.78 is 27.6. The van der Waals surface area contributed by atoms with Crippen LogP contribution in [0.3, 0.4) is 0 Å². The van der Waals surface area contributed by atoms with Gasteiger partial charge in [0.15, 0.2) is 0 Å². The van der Waals surface area contributed by atoms with Crippen molar-refractivity contribution in [2.24, 2.45) is 4.99 Å². The Morgan fingerprint density at radius 1 is 1.33 bits per heavy atom. The highest BCUT2D eigenvalue weighted by molar-refractivity contribution is 7.14. The molecule has 0 aliphatic carbocycles. The number of halogens is 2. The van der Waals surface area contributed by atoms with Gasteiger partial charge in [0, 0.05) is 20.1 Å². The Balaban J connectivity index is 1.63. The smallest absolute Gasteiger partial charge is 0.283 e. The maximum atomic E-state index is 12.9. The van der Waals surface area contributed by atoms with Crippen LogP contribution in [0.5, 0.6) is 0 Å². The number of fused-ring (bicyclic) bond motifs is 1. The van der Waals surface area contributed by atoms with Crippen molar-refractivity contribution in [2.75, 3.05) is 18.9 Å². The Morgan fingerprint density at radius 2 is 2.12 bits per heavy atom. The van der Waals surface area contributed by atoms with Crippen molar-refractivity contribution in [1.82, 2.24) is 14.5 Å². The minimum Gasteiger partial charge on any atom is -0.332 e. The lowest BCUT2D eigenvalue weighted by Gasteiger charge is -2.25. The van der Waals surface area contributed by atoms with Crippen molar-refractivity contribution >= 4 is 45.8 Å². The second kappa shape index (κ2) is 9.46. The lowest BCUT2D eigenvalue weighted by atomic mass is 10.2. The van der Waals surface area contributed by atoms with Crippen molar-refractivity contribution in [3.63, 3.8) is 0 Å². The Morgan fingerprint density at radius 3 is 2.82 bits per heavy atom. The zero-order valence-electron chi connectivity index (χ0n) is 17.7. The van der Waals surface area contributed by atoms with Crippen LogP contribution in [0.1, 0.15) is 33.8 Å². The predicted octanol–water partition coefficient (Wildman–Crippen LogP) is 3.87. The molecule has 11 heteroatoms. The number of thiophene rings is 1. The zero-order chi connectivity index (χ0) is 23.5. The van der Waals surface area contributed by atoms with E-state index in [1.165, 1.54) is 19.2 Å². The van der Waals surface area contributed by atoms with Gasteiger partial charge in [0.1, 0.15) is 6.07 Å². The normalized spacial score (nSPS) is 16.4. The molecule has 0 radical (unpaired) electrons. The molecular formula is C22H20F2N6O2S. The number of nitrogens with one attached hydrogen (secondary N) is 1. The fraction of sp³-hybridized carbons (Fsp3) is 0.318. The first kappa shape index (κ1) is 22.5. The van der Waals surface area contributed by atoms with Gasteiger partial charge >= 0.3 is 0 Å². The number of hydrogen-bond acceptors (Lipinski definition) is 6. The van der Waals surface area contributed by atoms with E-state index >= 15 is 0 Å². The van der Waals surface area contributed by atoms with Crippen molar-refractivity contribution in [1.29, 1.82) is 5.26 Å². The minimum absolute atomic E-state index is 0.152. The van der Waals surface area contributed by atoms with Crippen LogP contribution in [0.15, 0.2) is 41.4 Å². The number of alkyl halides is 2. The number of benzene rings is 1. The number of anilines is 1. The molecule has 0 spiro atoms. The number of aromatic nitrogens is 2. The number of para-hydroxylation sites is 2. The Labute approximate surface area is 192 Å². The summed E-state index contributed by atoms with van der Waals surface area (Å²) in [6.45, 7) is 0.848. The SMILES string of the molecule is CN=C(C#N)C(=O)N1CCCC1Cn1c(NC(=O)c2ccc(C(F)F)s2)nc2ccccc21. The Kier molecular flexibility index (Phi) is 6.46. The second-order valence-corrected chi connectivity index (χ2v) is 8.59. The van der Waals surface area contributed by atoms with E-state index in [1.807, 2.05) is 24.3 Å². The quantitative estimate of drug-likeness (QED) is 0.552. The molecule has 1 aliphatic heterocycles. The van der Waals surface area contributed by atoms with Crippen LogP contribution in [0, 0.1) is 11.3 Å². The third-order valence-electron chi connectivity index (χ3n) is 5.51. The largest absolute Gasteiger partial charge is 0.332 e. The van der Waals surface area contributed by atoms with Crippen LogP contribution >= 0.6 is 11.3 Å². The maximum absolute atomic E-state index is 12.9. The fourth-order valence-corrected chi connectivity index (χ4v) is 4.70. The Hall–Kier alpha value is -3.65. The molecule has 1 aromatic carbocycles. The van der Waals surface area contributed by atoms with Crippen LogP contribution in [0.25, 0.3) is 11.0 Å². The van der Waals surface area contributed by atoms with E-state index in [2.05, 4.69) is 15.3 Å². The molecule has 1 aliphatic rings. The summed E-state index contributed by atoms with van der Waals surface area (Å²) in [6.07, 6.45) is -1.15. The summed E-state index contributed by atoms with van der Waals surface area (Å²) in [7, 11) is 1.41. The van der Waals surface area contributed by atoms with Crippen LogP contribution in [-0.2, 0) is 11.3 Å². The highest BCUT2D eigenvalue weighted by Crippen LogP contribution is 2.29. The number of likely N-dealkylation sites (tertiary alicyclic amines) is 1. The first-order valence-corrected chi connectivity index (χ1v) is 11.1. The van der Waals surface area contributed by atoms with Gasteiger partial charge in [-0.2, -0.15) is 5.26 Å². The molecule has 2 aromatic heterocycles. The van der Waals surface area contributed by atoms with Gasteiger partial charge in [0.05, 0.1) is 26.8 Å². The number of carbonyl (C=O) groups excluding carboxylic acids is 2. The molecule has 0 saturated carbocycles. The van der Waals surface area contributed by atoms with Crippen molar-refractivity contribution in [3.05, 3.63) is 46.2 Å². The molecule has 170 valence electrons. The van der Waals surface area contributed by atoms with Gasteiger partial charge < -0.3 is 9.47 Å². The summed E-state index contributed by atoms with van der Waals surface area (Å²) >= 11 is 0.731. The van der Waals surface area contributed by atoms with E-state index in [1.54, 1.807) is 15.5 Å². The number of aliphatic imine (C=N–C) groups is 1. The van der Waals surface area contributed by atoms with Gasteiger partial charge in [-0.15, -0.1) is 11.3 Å². The van der Waals surface area contributed by atoms with Crippen LogP contribution < -0.4 is 5.32 Å². The molecule has 33 heavy (non-hydrogen) atoms. The van der Waals surface area contributed by atoms with Gasteiger partial charge in [0.2, 0.25) is 11.7 Å². The maximum Gasteiger partial charge on any atom is 0.283 e. The van der Waals surface area contributed by atoms with Crippen molar-refractivity contribution in [2.45, 2.75) is 31.9 Å². The van der Waals surface area contributed by atoms with E-state index < -0.39 is 18.2 Å². The van der Waals surface area contributed by atoms with Gasteiger partial charge in [-0.05, 0) is 37.1 Å². The van der Waals surface area contributed by atoms with E-state index in [4.69, 9.17) is 0 Å². The molecule has 4 rings (SSSR count). The minimum atomic E-state index is -2.64. The molecule has 8 nitrogen and oxygen atoms in total. The first-order chi connectivity index (χ1) is 15.9. The average molecular weight is 471 g/mol. The highest BCUT2D eigenvalue weighted by atomic mass is 32.1. The third kappa shape index (κ3) is 4.47. The number of hydrogen-bond donors (Lipinski definition) is 1. The lowest BCUT2D eigenvalue weighted by Crippen LogP contribution is -2.41. The molecule has 1 atom stereocenters. The highest BCUT2D eigenvalue weighted by Gasteiger charge is 2.32. The summed E-state index contributed by atoms with van der Waals surface area (Å²) in [6, 6.07) is 11.5. The lowest BCUT2D eigenvalue weighted by molar-refractivity contribution is -0.124. The number of amides is 2.